The largest absolute Gasteiger partial charge is 0.350 e. The molecule has 4 rings (SSSR count). The number of hydrogen-bond acceptors (Lipinski definition) is 8. The monoisotopic (exact) mass is 542 g/mol. The van der Waals surface area contributed by atoms with E-state index in [2.05, 4.69) is 37.8 Å². The number of anilines is 2. The average Bonchev–Trinajstić information content (AvgIpc) is 3.33. The van der Waals surface area contributed by atoms with Gasteiger partial charge in [0.15, 0.2) is 16.6 Å². The minimum absolute atomic E-state index is 0. The lowest BCUT2D eigenvalue weighted by Crippen LogP contribution is -2.29. The average molecular weight is 543 g/mol. The second-order valence-corrected chi connectivity index (χ2v) is 10.5. The second-order valence-electron chi connectivity index (χ2n) is 8.13. The third-order valence-corrected chi connectivity index (χ3v) is 7.24. The number of amides is 1. The molecule has 1 unspecified atom stereocenters. The van der Waals surface area contributed by atoms with Gasteiger partial charge in [0.25, 0.3) is 5.91 Å². The van der Waals surface area contributed by atoms with Gasteiger partial charge in [-0.3, -0.25) is 4.79 Å². The molecule has 3 aromatic heterocycles. The Morgan fingerprint density at radius 2 is 1.84 bits per heavy atom. The van der Waals surface area contributed by atoms with Gasteiger partial charge in [-0.1, -0.05) is 60.4 Å². The van der Waals surface area contributed by atoms with Crippen LogP contribution in [0.1, 0.15) is 43.7 Å². The van der Waals surface area contributed by atoms with Crippen LogP contribution in [0.2, 0.25) is 0 Å². The van der Waals surface area contributed by atoms with Gasteiger partial charge in [-0.05, 0) is 56.8 Å². The number of aryl methyl sites for hydroxylation is 1. The summed E-state index contributed by atoms with van der Waals surface area (Å²) in [7, 11) is 3.75. The van der Waals surface area contributed by atoms with Crippen molar-refractivity contribution >= 4 is 40.0 Å². The SMILES string of the molecule is CCC(CNC(=O)c1nccc(Sc2cnc(Nc3cc(C)ccn3)s2)c1F)c1ccccc1.CNC.[HH].[HH]. The lowest BCUT2D eigenvalue weighted by atomic mass is 9.96. The zero-order chi connectivity index (χ0) is 26.6. The number of benzene rings is 1. The summed E-state index contributed by atoms with van der Waals surface area (Å²) in [4.78, 5) is 25.6. The van der Waals surface area contributed by atoms with Crippen LogP contribution in [-0.2, 0) is 0 Å². The Bertz CT molecular complexity index is 1300. The van der Waals surface area contributed by atoms with Crippen LogP contribution in [0.3, 0.4) is 0 Å². The summed E-state index contributed by atoms with van der Waals surface area (Å²) in [5.41, 5.74) is 2.01. The molecule has 4 aromatic rings. The van der Waals surface area contributed by atoms with E-state index in [0.29, 0.717) is 22.4 Å². The minimum atomic E-state index is -0.638. The Morgan fingerprint density at radius 1 is 1.11 bits per heavy atom. The number of nitrogens with one attached hydrogen (secondary N) is 3. The highest BCUT2D eigenvalue weighted by atomic mass is 32.2. The predicted molar refractivity (Wildman–Crippen MR) is 154 cm³/mol. The quantitative estimate of drug-likeness (QED) is 0.222. The standard InChI is InChI=1S/C25H24FN5OS2.C2H7N.2H2/c1-3-17(18-7-5-4-6-8-18)14-29-24(32)23-22(26)19(10-12-28-23)33-21-15-30-25(34-21)31-20-13-16(2)9-11-27-20;1-3-2;;/h4-13,15,17H,3,14H2,1-2H3,(H,29,32)(H,27,30,31);3H,1-2H3;2*1H. The molecule has 0 saturated heterocycles. The van der Waals surface area contributed by atoms with E-state index in [-0.39, 0.29) is 14.5 Å². The predicted octanol–water partition coefficient (Wildman–Crippen LogP) is 6.53. The maximum absolute atomic E-state index is 15.2. The van der Waals surface area contributed by atoms with Crippen LogP contribution >= 0.6 is 23.1 Å². The van der Waals surface area contributed by atoms with Crippen LogP contribution in [0, 0.1) is 12.7 Å². The van der Waals surface area contributed by atoms with Crippen molar-refractivity contribution in [3.05, 3.63) is 89.8 Å². The van der Waals surface area contributed by atoms with Gasteiger partial charge >= 0.3 is 0 Å². The molecule has 3 heterocycles. The van der Waals surface area contributed by atoms with Gasteiger partial charge in [-0.2, -0.15) is 0 Å². The number of halogens is 1. The molecule has 7 nitrogen and oxygen atoms in total. The Kier molecular flexibility index (Phi) is 11.0. The first-order valence-corrected chi connectivity index (χ1v) is 13.5. The van der Waals surface area contributed by atoms with Crippen molar-refractivity contribution in [2.45, 2.75) is 35.3 Å². The second kappa shape index (κ2) is 14.4. The maximum Gasteiger partial charge on any atom is 0.272 e. The molecule has 0 aliphatic rings. The molecule has 198 valence electrons. The highest BCUT2D eigenvalue weighted by molar-refractivity contribution is 8.01. The minimum Gasteiger partial charge on any atom is -0.350 e. The van der Waals surface area contributed by atoms with Crippen molar-refractivity contribution in [3.63, 3.8) is 0 Å². The molecule has 1 amide bonds. The summed E-state index contributed by atoms with van der Waals surface area (Å²) in [5, 5.41) is 9.40. The van der Waals surface area contributed by atoms with Crippen LogP contribution in [-0.4, -0.2) is 41.5 Å². The Balaban J connectivity index is 0.00000145. The van der Waals surface area contributed by atoms with Crippen molar-refractivity contribution in [3.8, 4) is 0 Å². The van der Waals surface area contributed by atoms with Gasteiger partial charge in [-0.25, -0.2) is 19.3 Å². The fourth-order valence-electron chi connectivity index (χ4n) is 3.37. The van der Waals surface area contributed by atoms with Gasteiger partial charge in [0, 0.05) is 27.7 Å². The van der Waals surface area contributed by atoms with Crippen LogP contribution in [0.15, 0.2) is 76.2 Å². The molecule has 0 bridgehead atoms. The van der Waals surface area contributed by atoms with Crippen LogP contribution in [0.25, 0.3) is 0 Å². The van der Waals surface area contributed by atoms with Crippen molar-refractivity contribution in [1.82, 2.24) is 25.6 Å². The first-order valence-electron chi connectivity index (χ1n) is 11.8. The topological polar surface area (TPSA) is 91.8 Å². The van der Waals surface area contributed by atoms with Gasteiger partial charge in [0.05, 0.1) is 15.3 Å². The van der Waals surface area contributed by atoms with Crippen molar-refractivity contribution in [2.24, 2.45) is 0 Å². The Morgan fingerprint density at radius 3 is 2.54 bits per heavy atom. The van der Waals surface area contributed by atoms with Gasteiger partial charge in [-0.15, -0.1) is 0 Å². The number of nitrogens with zero attached hydrogens (tertiary/aromatic N) is 3. The maximum atomic E-state index is 15.2. The normalized spacial score (nSPS) is 11.3. The number of aromatic nitrogens is 3. The van der Waals surface area contributed by atoms with E-state index in [1.54, 1.807) is 18.5 Å². The number of carbonyl (C=O) groups is 1. The summed E-state index contributed by atoms with van der Waals surface area (Å²) in [5.74, 6) is -0.315. The van der Waals surface area contributed by atoms with Gasteiger partial charge in [0.2, 0.25) is 0 Å². The highest BCUT2D eigenvalue weighted by Gasteiger charge is 2.19. The van der Waals surface area contributed by atoms with Crippen LogP contribution < -0.4 is 16.0 Å². The van der Waals surface area contributed by atoms with Gasteiger partial charge in [0.1, 0.15) is 5.82 Å². The van der Waals surface area contributed by atoms with E-state index in [9.17, 15) is 4.79 Å². The molecule has 0 aliphatic carbocycles. The molecule has 1 atom stereocenters. The van der Waals surface area contributed by atoms with E-state index >= 15 is 4.39 Å². The molecule has 0 aliphatic heterocycles. The van der Waals surface area contributed by atoms with E-state index in [4.69, 9.17) is 0 Å². The summed E-state index contributed by atoms with van der Waals surface area (Å²) in [6.45, 7) is 4.46. The van der Waals surface area contributed by atoms with E-state index in [1.807, 2.05) is 63.5 Å². The molecule has 0 saturated carbocycles. The van der Waals surface area contributed by atoms with E-state index < -0.39 is 11.7 Å². The molecule has 37 heavy (non-hydrogen) atoms. The molecule has 1 aromatic carbocycles. The molecule has 0 radical (unpaired) electrons. The number of thiazole rings is 1. The van der Waals surface area contributed by atoms with Crippen molar-refractivity contribution in [1.29, 1.82) is 0 Å². The molecule has 0 spiro atoms. The molecule has 10 heteroatoms. The molecule has 0 fully saturated rings. The van der Waals surface area contributed by atoms with Crippen molar-refractivity contribution in [2.75, 3.05) is 26.0 Å². The lowest BCUT2D eigenvalue weighted by Gasteiger charge is -2.16. The van der Waals surface area contributed by atoms with E-state index in [1.165, 1.54) is 29.3 Å². The zero-order valence-electron chi connectivity index (χ0n) is 21.3. The summed E-state index contributed by atoms with van der Waals surface area (Å²) < 4.78 is 15.9. The zero-order valence-corrected chi connectivity index (χ0v) is 22.9. The summed E-state index contributed by atoms with van der Waals surface area (Å²) >= 11 is 2.59. The fourth-order valence-corrected chi connectivity index (χ4v) is 5.24. The number of rotatable bonds is 9. The number of carbonyl (C=O) groups excluding carboxylic acids is 1. The highest BCUT2D eigenvalue weighted by Crippen LogP contribution is 2.36. The summed E-state index contributed by atoms with van der Waals surface area (Å²) in [6, 6.07) is 15.4. The number of hydrogen-bond donors (Lipinski definition) is 3. The first kappa shape index (κ1) is 28.2. The molecular weight excluding hydrogens is 507 g/mol. The van der Waals surface area contributed by atoms with Gasteiger partial charge < -0.3 is 16.0 Å². The van der Waals surface area contributed by atoms with E-state index in [0.717, 1.165) is 21.8 Å². The smallest absolute Gasteiger partial charge is 0.272 e. The van der Waals surface area contributed by atoms with Crippen LogP contribution in [0.5, 0.6) is 0 Å². The Hall–Kier alpha value is -3.34. The first-order chi connectivity index (χ1) is 17.9. The lowest BCUT2D eigenvalue weighted by molar-refractivity contribution is 0.0940. The number of pyridine rings is 2. The third kappa shape index (κ3) is 8.34. The fraction of sp³-hybridized carbons (Fsp3) is 0.259. The Labute approximate surface area is 228 Å². The molecule has 3 N–H and O–H groups in total. The molecular formula is C27H35FN6OS2. The van der Waals surface area contributed by atoms with Crippen LogP contribution in [0.4, 0.5) is 15.3 Å². The summed E-state index contributed by atoms with van der Waals surface area (Å²) in [6.07, 6.45) is 5.70. The third-order valence-electron chi connectivity index (χ3n) is 5.19. The van der Waals surface area contributed by atoms with Crippen molar-refractivity contribution < 1.29 is 12.0 Å².